The van der Waals surface area contributed by atoms with E-state index in [-0.39, 0.29) is 18.2 Å². The Hall–Kier alpha value is -3.54. The normalized spacial score (nSPS) is 12.7. The van der Waals surface area contributed by atoms with E-state index in [2.05, 4.69) is 40.1 Å². The predicted octanol–water partition coefficient (Wildman–Crippen LogP) is 5.96. The molecule has 1 aliphatic rings. The monoisotopic (exact) mass is 504 g/mol. The summed E-state index contributed by atoms with van der Waals surface area (Å²) in [6.07, 6.45) is 3.69. The number of carbonyl (C=O) groups is 1. The lowest BCUT2D eigenvalue weighted by molar-refractivity contribution is -0.143. The van der Waals surface area contributed by atoms with Crippen molar-refractivity contribution >= 4 is 17.3 Å². The summed E-state index contributed by atoms with van der Waals surface area (Å²) in [5.74, 6) is 0.301. The van der Waals surface area contributed by atoms with Gasteiger partial charge in [0.2, 0.25) is 0 Å². The van der Waals surface area contributed by atoms with Crippen LogP contribution >= 0.6 is 0 Å². The average molecular weight is 505 g/mol. The van der Waals surface area contributed by atoms with E-state index in [1.54, 1.807) is 26.2 Å². The highest BCUT2D eigenvalue weighted by Gasteiger charge is 2.20. The topological polar surface area (TPSA) is 42.0 Å². The maximum absolute atomic E-state index is 14.8. The van der Waals surface area contributed by atoms with Crippen LogP contribution in [0.2, 0.25) is 0 Å². The van der Waals surface area contributed by atoms with Crippen LogP contribution in [0.4, 0.5) is 15.8 Å². The van der Waals surface area contributed by atoms with Crippen molar-refractivity contribution in [3.05, 3.63) is 88.7 Å². The minimum absolute atomic E-state index is 0.186. The van der Waals surface area contributed by atoms with Crippen molar-refractivity contribution in [3.63, 3.8) is 0 Å². The summed E-state index contributed by atoms with van der Waals surface area (Å²) in [5, 5.41) is 0. The third-order valence-corrected chi connectivity index (χ3v) is 7.06. The van der Waals surface area contributed by atoms with Gasteiger partial charge in [0.15, 0.2) is 0 Å². The van der Waals surface area contributed by atoms with Crippen LogP contribution in [0.15, 0.2) is 60.7 Å². The number of carbonyl (C=O) groups excluding carboxylic acids is 1. The quantitative estimate of drug-likeness (QED) is 0.301. The molecular formula is C31H37FN2O3. The molecule has 0 bridgehead atoms. The fourth-order valence-electron chi connectivity index (χ4n) is 5.00. The number of hydrogen-bond donors (Lipinski definition) is 0. The van der Waals surface area contributed by atoms with Crippen LogP contribution in [0.5, 0.6) is 5.75 Å². The molecular weight excluding hydrogens is 467 g/mol. The molecule has 1 aliphatic heterocycles. The molecule has 0 unspecified atom stereocenters. The Balaban J connectivity index is 1.42. The Morgan fingerprint density at radius 1 is 1.05 bits per heavy atom. The highest BCUT2D eigenvalue weighted by molar-refractivity contribution is 5.69. The molecule has 0 spiro atoms. The van der Waals surface area contributed by atoms with Crippen LogP contribution in [0.25, 0.3) is 0 Å². The third kappa shape index (κ3) is 6.82. The summed E-state index contributed by atoms with van der Waals surface area (Å²) in [6, 6.07) is 20.1. The molecule has 0 N–H and O–H groups in total. The summed E-state index contributed by atoms with van der Waals surface area (Å²) >= 11 is 0. The van der Waals surface area contributed by atoms with Crippen LogP contribution in [-0.4, -0.2) is 39.8 Å². The first-order valence-electron chi connectivity index (χ1n) is 13.1. The number of ether oxygens (including phenoxy) is 2. The van der Waals surface area contributed by atoms with Gasteiger partial charge >= 0.3 is 5.97 Å². The van der Waals surface area contributed by atoms with Gasteiger partial charge in [0.1, 0.15) is 11.6 Å². The standard InChI is InChI=1S/C31H37FN2O3/c1-4-37-31(35)17-13-24-12-14-26(21-29(24)32)33(2)22-25-7-5-9-30-28(25)8-6-19-34(30)20-18-23-10-15-27(36-3)16-11-23/h5,7,9-12,14-16,21H,4,6,8,13,17-20,22H2,1-3H3. The van der Waals surface area contributed by atoms with Gasteiger partial charge < -0.3 is 19.3 Å². The molecule has 0 radical (unpaired) electrons. The van der Waals surface area contributed by atoms with Gasteiger partial charge in [-0.2, -0.15) is 0 Å². The average Bonchev–Trinajstić information content (AvgIpc) is 2.91. The smallest absolute Gasteiger partial charge is 0.306 e. The highest BCUT2D eigenvalue weighted by atomic mass is 19.1. The molecule has 0 atom stereocenters. The molecule has 3 aromatic rings. The number of hydrogen-bond acceptors (Lipinski definition) is 5. The molecule has 4 rings (SSSR count). The molecule has 0 aliphatic carbocycles. The minimum atomic E-state index is -0.296. The Morgan fingerprint density at radius 2 is 1.86 bits per heavy atom. The zero-order valence-corrected chi connectivity index (χ0v) is 22.1. The number of nitrogens with zero attached hydrogens (tertiary/aromatic N) is 2. The summed E-state index contributed by atoms with van der Waals surface area (Å²) < 4.78 is 25.0. The molecule has 6 heteroatoms. The molecule has 0 saturated heterocycles. The van der Waals surface area contributed by atoms with Gasteiger partial charge in [-0.05, 0) is 85.2 Å². The largest absolute Gasteiger partial charge is 0.497 e. The number of esters is 1. The number of rotatable bonds is 11. The maximum atomic E-state index is 14.8. The first kappa shape index (κ1) is 26.5. The van der Waals surface area contributed by atoms with Crippen LogP contribution in [0.1, 0.15) is 42.0 Å². The second-order valence-corrected chi connectivity index (χ2v) is 9.54. The van der Waals surface area contributed by atoms with Crippen molar-refractivity contribution in [1.29, 1.82) is 0 Å². The number of anilines is 2. The molecule has 0 aromatic heterocycles. The molecule has 3 aromatic carbocycles. The van der Waals surface area contributed by atoms with Crippen molar-refractivity contribution in [2.24, 2.45) is 0 Å². The molecule has 1 heterocycles. The lowest BCUT2D eigenvalue weighted by Crippen LogP contribution is -2.32. The van der Waals surface area contributed by atoms with Crippen LogP contribution in [-0.2, 0) is 35.3 Å². The van der Waals surface area contributed by atoms with Gasteiger partial charge in [0.05, 0.1) is 13.7 Å². The van der Waals surface area contributed by atoms with E-state index in [0.29, 0.717) is 25.1 Å². The van der Waals surface area contributed by atoms with Gasteiger partial charge in [0.25, 0.3) is 0 Å². The van der Waals surface area contributed by atoms with E-state index in [0.717, 1.165) is 43.8 Å². The maximum Gasteiger partial charge on any atom is 0.306 e. The Kier molecular flexibility index (Phi) is 9.04. The molecule has 5 nitrogen and oxygen atoms in total. The number of benzene rings is 3. The zero-order valence-electron chi connectivity index (χ0n) is 22.1. The highest BCUT2D eigenvalue weighted by Crippen LogP contribution is 2.32. The summed E-state index contributed by atoms with van der Waals surface area (Å²) in [5.41, 5.74) is 6.64. The number of methoxy groups -OCH3 is 1. The van der Waals surface area contributed by atoms with E-state index in [1.807, 2.05) is 25.2 Å². The first-order chi connectivity index (χ1) is 18.0. The van der Waals surface area contributed by atoms with E-state index in [9.17, 15) is 9.18 Å². The van der Waals surface area contributed by atoms with Crippen molar-refractivity contribution in [1.82, 2.24) is 0 Å². The van der Waals surface area contributed by atoms with Gasteiger partial charge in [-0.15, -0.1) is 0 Å². The van der Waals surface area contributed by atoms with Gasteiger partial charge in [-0.25, -0.2) is 4.39 Å². The summed E-state index contributed by atoms with van der Waals surface area (Å²) in [6.45, 7) is 4.84. The summed E-state index contributed by atoms with van der Waals surface area (Å²) in [7, 11) is 3.69. The van der Waals surface area contributed by atoms with Gasteiger partial charge in [-0.3, -0.25) is 4.79 Å². The van der Waals surface area contributed by atoms with Crippen molar-refractivity contribution in [2.45, 2.75) is 45.6 Å². The van der Waals surface area contributed by atoms with Crippen LogP contribution in [0.3, 0.4) is 0 Å². The third-order valence-electron chi connectivity index (χ3n) is 7.06. The number of aryl methyl sites for hydroxylation is 1. The fourth-order valence-corrected chi connectivity index (χ4v) is 5.00. The molecule has 0 amide bonds. The predicted molar refractivity (Wildman–Crippen MR) is 147 cm³/mol. The Labute approximate surface area is 219 Å². The fraction of sp³-hybridized carbons (Fsp3) is 0.387. The lowest BCUT2D eigenvalue weighted by atomic mass is 9.95. The molecule has 196 valence electrons. The Morgan fingerprint density at radius 3 is 2.59 bits per heavy atom. The van der Waals surface area contributed by atoms with Crippen molar-refractivity contribution in [2.75, 3.05) is 43.7 Å². The van der Waals surface area contributed by atoms with E-state index < -0.39 is 0 Å². The Bertz CT molecular complexity index is 1200. The van der Waals surface area contributed by atoms with Crippen molar-refractivity contribution < 1.29 is 18.7 Å². The summed E-state index contributed by atoms with van der Waals surface area (Å²) in [4.78, 5) is 16.2. The van der Waals surface area contributed by atoms with Crippen LogP contribution < -0.4 is 14.5 Å². The van der Waals surface area contributed by atoms with E-state index >= 15 is 0 Å². The number of halogens is 1. The zero-order chi connectivity index (χ0) is 26.2. The minimum Gasteiger partial charge on any atom is -0.497 e. The van der Waals surface area contributed by atoms with Gasteiger partial charge in [-0.1, -0.05) is 30.3 Å². The molecule has 0 saturated carbocycles. The molecule has 37 heavy (non-hydrogen) atoms. The number of fused-ring (bicyclic) bond motifs is 1. The van der Waals surface area contributed by atoms with E-state index in [1.165, 1.54) is 22.4 Å². The van der Waals surface area contributed by atoms with Gasteiger partial charge in [0, 0.05) is 44.5 Å². The molecule has 0 fully saturated rings. The second kappa shape index (κ2) is 12.6. The van der Waals surface area contributed by atoms with E-state index in [4.69, 9.17) is 9.47 Å². The van der Waals surface area contributed by atoms with Crippen LogP contribution in [0, 0.1) is 5.82 Å². The van der Waals surface area contributed by atoms with Crippen molar-refractivity contribution in [3.8, 4) is 5.75 Å². The first-order valence-corrected chi connectivity index (χ1v) is 13.1. The lowest BCUT2D eigenvalue weighted by Gasteiger charge is -2.33. The second-order valence-electron chi connectivity index (χ2n) is 9.54. The SMILES string of the molecule is CCOC(=O)CCc1ccc(N(C)Cc2cccc3c2CCCN3CCc2ccc(OC)cc2)cc1F.